The predicted octanol–water partition coefficient (Wildman–Crippen LogP) is 1.52. The third kappa shape index (κ3) is 5.39. The molecule has 0 aliphatic heterocycles. The number of hydrogen-bond acceptors (Lipinski definition) is 6. The van der Waals surface area contributed by atoms with Crippen molar-refractivity contribution in [1.29, 1.82) is 0 Å². The molecule has 0 radical (unpaired) electrons. The number of para-hydroxylation sites is 1. The van der Waals surface area contributed by atoms with E-state index >= 15 is 0 Å². The standard InChI is InChI=1S/C20H20N4O5/c25-17(24-28)9-4-10-29-14-6-3-5-13(11-14)12-21-20(27)18-22-16-8-2-1-7-15(16)19(26)23-18/h1-3,5-8,11,28H,4,9-10,12H2,(H,21,27)(H,24,25)(H,22,23,26). The maximum atomic E-state index is 12.4. The minimum Gasteiger partial charge on any atom is -0.494 e. The first-order chi connectivity index (χ1) is 14.1. The van der Waals surface area contributed by atoms with Gasteiger partial charge in [-0.05, 0) is 36.2 Å². The molecular weight excluding hydrogens is 376 g/mol. The molecule has 29 heavy (non-hydrogen) atoms. The van der Waals surface area contributed by atoms with Crippen molar-refractivity contribution in [3.63, 3.8) is 0 Å². The summed E-state index contributed by atoms with van der Waals surface area (Å²) in [4.78, 5) is 42.1. The first-order valence-electron chi connectivity index (χ1n) is 8.99. The lowest BCUT2D eigenvalue weighted by molar-refractivity contribution is -0.129. The third-order valence-electron chi connectivity index (χ3n) is 4.12. The lowest BCUT2D eigenvalue weighted by atomic mass is 10.2. The normalized spacial score (nSPS) is 10.5. The topological polar surface area (TPSA) is 133 Å². The van der Waals surface area contributed by atoms with Crippen molar-refractivity contribution in [1.82, 2.24) is 20.8 Å². The Hall–Kier alpha value is -3.72. The van der Waals surface area contributed by atoms with E-state index in [0.29, 0.717) is 29.7 Å². The van der Waals surface area contributed by atoms with Gasteiger partial charge in [0.15, 0.2) is 5.82 Å². The van der Waals surface area contributed by atoms with Gasteiger partial charge < -0.3 is 15.0 Å². The summed E-state index contributed by atoms with van der Waals surface area (Å²) in [6.45, 7) is 0.533. The van der Waals surface area contributed by atoms with E-state index in [2.05, 4.69) is 15.3 Å². The number of rotatable bonds is 8. The van der Waals surface area contributed by atoms with Crippen molar-refractivity contribution in [3.05, 3.63) is 70.3 Å². The number of aromatic amines is 1. The van der Waals surface area contributed by atoms with Crippen LogP contribution in [0.2, 0.25) is 0 Å². The molecule has 9 nitrogen and oxygen atoms in total. The number of H-pyrrole nitrogens is 1. The van der Waals surface area contributed by atoms with E-state index in [1.807, 2.05) is 6.07 Å². The van der Waals surface area contributed by atoms with E-state index in [1.165, 1.54) is 0 Å². The Morgan fingerprint density at radius 3 is 2.79 bits per heavy atom. The van der Waals surface area contributed by atoms with Crippen LogP contribution in [0, 0.1) is 0 Å². The number of fused-ring (bicyclic) bond motifs is 1. The fraction of sp³-hybridized carbons (Fsp3) is 0.200. The van der Waals surface area contributed by atoms with Gasteiger partial charge in [-0.25, -0.2) is 10.5 Å². The van der Waals surface area contributed by atoms with E-state index in [1.54, 1.807) is 47.9 Å². The number of aromatic nitrogens is 2. The first-order valence-corrected chi connectivity index (χ1v) is 8.99. The van der Waals surface area contributed by atoms with Crippen molar-refractivity contribution in [2.75, 3.05) is 6.61 Å². The Labute approximate surface area is 165 Å². The van der Waals surface area contributed by atoms with Gasteiger partial charge in [0, 0.05) is 13.0 Å². The van der Waals surface area contributed by atoms with Gasteiger partial charge in [0.1, 0.15) is 5.75 Å². The van der Waals surface area contributed by atoms with Gasteiger partial charge in [0.2, 0.25) is 5.91 Å². The lowest BCUT2D eigenvalue weighted by Gasteiger charge is -2.09. The molecule has 0 unspecified atom stereocenters. The smallest absolute Gasteiger partial charge is 0.287 e. The lowest BCUT2D eigenvalue weighted by Crippen LogP contribution is -2.27. The zero-order chi connectivity index (χ0) is 20.6. The molecule has 0 fully saturated rings. The first kappa shape index (κ1) is 20.0. The number of nitrogens with zero attached hydrogens (tertiary/aromatic N) is 1. The van der Waals surface area contributed by atoms with Gasteiger partial charge in [-0.2, -0.15) is 0 Å². The second kappa shape index (κ2) is 9.47. The van der Waals surface area contributed by atoms with Crippen LogP contribution in [0.4, 0.5) is 0 Å². The van der Waals surface area contributed by atoms with Crippen molar-refractivity contribution in [2.24, 2.45) is 0 Å². The molecule has 4 N–H and O–H groups in total. The van der Waals surface area contributed by atoms with E-state index in [0.717, 1.165) is 5.56 Å². The Balaban J connectivity index is 1.58. The van der Waals surface area contributed by atoms with Crippen molar-refractivity contribution in [3.8, 4) is 5.75 Å². The average Bonchev–Trinajstić information content (AvgIpc) is 2.75. The summed E-state index contributed by atoms with van der Waals surface area (Å²) in [5, 5.41) is 11.6. The fourth-order valence-corrected chi connectivity index (χ4v) is 2.68. The zero-order valence-corrected chi connectivity index (χ0v) is 15.5. The van der Waals surface area contributed by atoms with E-state index in [9.17, 15) is 14.4 Å². The molecular formula is C20H20N4O5. The maximum absolute atomic E-state index is 12.4. The van der Waals surface area contributed by atoms with Crippen LogP contribution in [0.5, 0.6) is 5.75 Å². The Kier molecular flexibility index (Phi) is 6.54. The summed E-state index contributed by atoms with van der Waals surface area (Å²) >= 11 is 0. The molecule has 2 amide bonds. The molecule has 0 aliphatic carbocycles. The second-order valence-corrected chi connectivity index (χ2v) is 6.25. The summed E-state index contributed by atoms with van der Waals surface area (Å²) in [5.41, 5.74) is 2.44. The van der Waals surface area contributed by atoms with Crippen LogP contribution < -0.4 is 21.1 Å². The minimum absolute atomic E-state index is 0.0525. The summed E-state index contributed by atoms with van der Waals surface area (Å²) < 4.78 is 5.56. The molecule has 2 aromatic carbocycles. The van der Waals surface area contributed by atoms with Crippen molar-refractivity contribution < 1.29 is 19.5 Å². The highest BCUT2D eigenvalue weighted by Crippen LogP contribution is 2.14. The molecule has 3 rings (SSSR count). The Morgan fingerprint density at radius 1 is 1.14 bits per heavy atom. The highest BCUT2D eigenvalue weighted by Gasteiger charge is 2.11. The number of amides is 2. The molecule has 9 heteroatoms. The number of hydrogen-bond donors (Lipinski definition) is 4. The molecule has 0 spiro atoms. The van der Waals surface area contributed by atoms with Crippen LogP contribution in [0.3, 0.4) is 0 Å². The number of carbonyl (C=O) groups is 2. The Morgan fingerprint density at radius 2 is 1.97 bits per heavy atom. The quantitative estimate of drug-likeness (QED) is 0.259. The highest BCUT2D eigenvalue weighted by atomic mass is 16.5. The molecule has 0 saturated carbocycles. The summed E-state index contributed by atoms with van der Waals surface area (Å²) in [6.07, 6.45) is 0.609. The van der Waals surface area contributed by atoms with Gasteiger partial charge in [0.05, 0.1) is 17.5 Å². The van der Waals surface area contributed by atoms with Gasteiger partial charge >= 0.3 is 0 Å². The van der Waals surface area contributed by atoms with Gasteiger partial charge in [-0.15, -0.1) is 0 Å². The highest BCUT2D eigenvalue weighted by molar-refractivity contribution is 5.92. The van der Waals surface area contributed by atoms with Crippen LogP contribution >= 0.6 is 0 Å². The summed E-state index contributed by atoms with van der Waals surface area (Å²) in [6, 6.07) is 13.9. The van der Waals surface area contributed by atoms with Gasteiger partial charge in [0.25, 0.3) is 11.5 Å². The number of carbonyl (C=O) groups excluding carboxylic acids is 2. The molecule has 0 atom stereocenters. The van der Waals surface area contributed by atoms with Gasteiger partial charge in [-0.3, -0.25) is 19.6 Å². The van der Waals surface area contributed by atoms with Crippen LogP contribution in [-0.4, -0.2) is 33.6 Å². The second-order valence-electron chi connectivity index (χ2n) is 6.25. The fourth-order valence-electron chi connectivity index (χ4n) is 2.68. The molecule has 0 bridgehead atoms. The van der Waals surface area contributed by atoms with E-state index in [-0.39, 0.29) is 24.3 Å². The molecule has 1 heterocycles. The van der Waals surface area contributed by atoms with Crippen molar-refractivity contribution in [2.45, 2.75) is 19.4 Å². The van der Waals surface area contributed by atoms with Gasteiger partial charge in [-0.1, -0.05) is 24.3 Å². The summed E-state index contributed by atoms with van der Waals surface area (Å²) in [5.74, 6) is -0.416. The molecule has 3 aromatic rings. The minimum atomic E-state index is -0.491. The molecule has 150 valence electrons. The van der Waals surface area contributed by atoms with E-state index in [4.69, 9.17) is 9.94 Å². The number of hydroxylamine groups is 1. The third-order valence-corrected chi connectivity index (χ3v) is 4.12. The molecule has 1 aromatic heterocycles. The Bertz CT molecular complexity index is 1080. The maximum Gasteiger partial charge on any atom is 0.287 e. The van der Waals surface area contributed by atoms with Crippen LogP contribution in [-0.2, 0) is 11.3 Å². The number of nitrogens with one attached hydrogen (secondary N) is 3. The number of benzene rings is 2. The van der Waals surface area contributed by atoms with Crippen LogP contribution in [0.15, 0.2) is 53.3 Å². The van der Waals surface area contributed by atoms with E-state index < -0.39 is 11.8 Å². The predicted molar refractivity (Wildman–Crippen MR) is 105 cm³/mol. The van der Waals surface area contributed by atoms with Crippen LogP contribution in [0.1, 0.15) is 29.0 Å². The largest absolute Gasteiger partial charge is 0.494 e. The molecule has 0 aliphatic rings. The number of ether oxygens (including phenoxy) is 1. The SMILES string of the molecule is O=C(CCCOc1cccc(CNC(=O)c2nc3ccccc3c(=O)[nH]2)c1)NO. The summed E-state index contributed by atoms with van der Waals surface area (Å²) in [7, 11) is 0. The van der Waals surface area contributed by atoms with Crippen LogP contribution in [0.25, 0.3) is 10.9 Å². The average molecular weight is 396 g/mol. The molecule has 0 saturated heterocycles. The van der Waals surface area contributed by atoms with Crippen molar-refractivity contribution >= 4 is 22.7 Å². The monoisotopic (exact) mass is 396 g/mol. The zero-order valence-electron chi connectivity index (χ0n) is 15.5.